The smallest absolute Gasteiger partial charge is 0.319 e. The Bertz CT molecular complexity index is 847. The molecule has 8 nitrogen and oxygen atoms in total. The monoisotopic (exact) mass is 408 g/mol. The minimum Gasteiger partial charge on any atom is -0.356 e. The van der Waals surface area contributed by atoms with E-state index in [0.29, 0.717) is 51.1 Å². The van der Waals surface area contributed by atoms with Gasteiger partial charge in [0.1, 0.15) is 0 Å². The van der Waals surface area contributed by atoms with E-state index in [1.165, 1.54) is 15.3 Å². The average molecular weight is 409 g/mol. The van der Waals surface area contributed by atoms with E-state index in [9.17, 15) is 18.0 Å². The second-order valence-electron chi connectivity index (χ2n) is 7.35. The second kappa shape index (κ2) is 8.48. The number of piperidine rings is 1. The minimum absolute atomic E-state index is 0.0228. The number of amides is 3. The SMILES string of the molecule is CCCCNC(=O)C1CCN(S(=O)(=O)c2ccc3c(c2)CCN3C(N)=O)CC1. The number of unbranched alkanes of at least 4 members (excludes halogenated alkanes) is 1. The number of carbonyl (C=O) groups is 2. The molecular formula is C19H28N4O4S. The maximum absolute atomic E-state index is 13.0. The third kappa shape index (κ3) is 4.15. The average Bonchev–Trinajstić information content (AvgIpc) is 3.11. The van der Waals surface area contributed by atoms with Crippen molar-refractivity contribution in [3.63, 3.8) is 0 Å². The molecule has 2 heterocycles. The Kier molecular flexibility index (Phi) is 6.24. The van der Waals surface area contributed by atoms with Crippen LogP contribution in [0, 0.1) is 5.92 Å². The third-order valence-corrected chi connectivity index (χ3v) is 7.40. The molecule has 0 spiro atoms. The molecule has 2 aliphatic rings. The van der Waals surface area contributed by atoms with E-state index in [1.807, 2.05) is 0 Å². The Morgan fingerprint density at radius 1 is 1.21 bits per heavy atom. The van der Waals surface area contributed by atoms with Gasteiger partial charge in [-0.3, -0.25) is 9.69 Å². The summed E-state index contributed by atoms with van der Waals surface area (Å²) in [4.78, 5) is 25.3. The van der Waals surface area contributed by atoms with Crippen LogP contribution in [0.1, 0.15) is 38.2 Å². The van der Waals surface area contributed by atoms with Gasteiger partial charge >= 0.3 is 6.03 Å². The summed E-state index contributed by atoms with van der Waals surface area (Å²) in [7, 11) is -3.62. The molecule has 0 unspecified atom stereocenters. The van der Waals surface area contributed by atoms with E-state index in [4.69, 9.17) is 5.73 Å². The molecule has 1 fully saturated rings. The van der Waals surface area contributed by atoms with Crippen molar-refractivity contribution >= 4 is 27.6 Å². The summed E-state index contributed by atoms with van der Waals surface area (Å²) in [5.74, 6) is -0.109. The van der Waals surface area contributed by atoms with Crippen LogP contribution in [0.2, 0.25) is 0 Å². The highest BCUT2D eigenvalue weighted by molar-refractivity contribution is 7.89. The Balaban J connectivity index is 1.65. The highest BCUT2D eigenvalue weighted by atomic mass is 32.2. The molecular weight excluding hydrogens is 380 g/mol. The number of nitrogens with zero attached hydrogens (tertiary/aromatic N) is 2. The number of nitrogens with one attached hydrogen (secondary N) is 1. The number of fused-ring (bicyclic) bond motifs is 1. The molecule has 9 heteroatoms. The lowest BCUT2D eigenvalue weighted by Gasteiger charge is -2.30. The molecule has 1 saturated heterocycles. The molecule has 154 valence electrons. The molecule has 2 aliphatic heterocycles. The van der Waals surface area contributed by atoms with E-state index in [0.717, 1.165) is 18.4 Å². The molecule has 0 atom stereocenters. The van der Waals surface area contributed by atoms with Crippen molar-refractivity contribution in [1.29, 1.82) is 0 Å². The standard InChI is InChI=1S/C19H28N4O4S/c1-2-3-9-21-18(24)14-6-10-22(11-7-14)28(26,27)16-4-5-17-15(13-16)8-12-23(17)19(20)25/h4-5,13-14H,2-3,6-12H2,1H3,(H2,20,25)(H,21,24). The Hall–Kier alpha value is -2.13. The first-order valence-corrected chi connectivity index (χ1v) is 11.3. The van der Waals surface area contributed by atoms with Crippen LogP contribution >= 0.6 is 0 Å². The lowest BCUT2D eigenvalue weighted by atomic mass is 9.97. The van der Waals surface area contributed by atoms with Gasteiger partial charge in [-0.05, 0) is 49.4 Å². The fourth-order valence-corrected chi connectivity index (χ4v) is 5.33. The molecule has 0 radical (unpaired) electrons. The third-order valence-electron chi connectivity index (χ3n) is 5.50. The molecule has 3 N–H and O–H groups in total. The Morgan fingerprint density at radius 3 is 2.57 bits per heavy atom. The highest BCUT2D eigenvalue weighted by Gasteiger charge is 2.33. The maximum atomic E-state index is 13.0. The number of rotatable bonds is 6. The van der Waals surface area contributed by atoms with Gasteiger partial charge in [0.05, 0.1) is 4.90 Å². The van der Waals surface area contributed by atoms with E-state index < -0.39 is 16.1 Å². The summed E-state index contributed by atoms with van der Waals surface area (Å²) in [6, 6.07) is 4.28. The Morgan fingerprint density at radius 2 is 1.93 bits per heavy atom. The molecule has 28 heavy (non-hydrogen) atoms. The van der Waals surface area contributed by atoms with Gasteiger partial charge in [0, 0.05) is 37.8 Å². The number of hydrogen-bond donors (Lipinski definition) is 2. The van der Waals surface area contributed by atoms with Crippen molar-refractivity contribution in [2.24, 2.45) is 11.7 Å². The van der Waals surface area contributed by atoms with Gasteiger partial charge in [-0.1, -0.05) is 13.3 Å². The van der Waals surface area contributed by atoms with Crippen molar-refractivity contribution in [1.82, 2.24) is 9.62 Å². The predicted octanol–water partition coefficient (Wildman–Crippen LogP) is 1.44. The summed E-state index contributed by atoms with van der Waals surface area (Å²) in [6.07, 6.45) is 3.61. The number of hydrogen-bond acceptors (Lipinski definition) is 4. The second-order valence-corrected chi connectivity index (χ2v) is 9.29. The molecule has 0 aromatic heterocycles. The van der Waals surface area contributed by atoms with Gasteiger partial charge < -0.3 is 11.1 Å². The van der Waals surface area contributed by atoms with Crippen molar-refractivity contribution in [2.75, 3.05) is 31.1 Å². The van der Waals surface area contributed by atoms with Crippen molar-refractivity contribution in [3.05, 3.63) is 23.8 Å². The van der Waals surface area contributed by atoms with E-state index in [-0.39, 0.29) is 16.7 Å². The van der Waals surface area contributed by atoms with Gasteiger partial charge in [0.15, 0.2) is 0 Å². The maximum Gasteiger partial charge on any atom is 0.319 e. The summed E-state index contributed by atoms with van der Waals surface area (Å²) >= 11 is 0. The van der Waals surface area contributed by atoms with Crippen LogP contribution in [0.15, 0.2) is 23.1 Å². The quantitative estimate of drug-likeness (QED) is 0.694. The van der Waals surface area contributed by atoms with Crippen LogP contribution in [0.5, 0.6) is 0 Å². The molecule has 1 aromatic rings. The zero-order valence-electron chi connectivity index (χ0n) is 16.2. The zero-order valence-corrected chi connectivity index (χ0v) is 17.0. The fourth-order valence-electron chi connectivity index (χ4n) is 3.81. The van der Waals surface area contributed by atoms with E-state index in [2.05, 4.69) is 12.2 Å². The van der Waals surface area contributed by atoms with Crippen LogP contribution in [-0.2, 0) is 21.2 Å². The number of primary amides is 1. The van der Waals surface area contributed by atoms with Crippen molar-refractivity contribution in [2.45, 2.75) is 43.9 Å². The highest BCUT2D eigenvalue weighted by Crippen LogP contribution is 2.32. The summed E-state index contributed by atoms with van der Waals surface area (Å²) in [5, 5.41) is 2.93. The largest absolute Gasteiger partial charge is 0.356 e. The molecule has 1 aromatic carbocycles. The lowest BCUT2D eigenvalue weighted by Crippen LogP contribution is -2.43. The zero-order chi connectivity index (χ0) is 20.3. The number of nitrogens with two attached hydrogens (primary N) is 1. The lowest BCUT2D eigenvalue weighted by molar-refractivity contribution is -0.126. The van der Waals surface area contributed by atoms with Crippen molar-refractivity contribution in [3.8, 4) is 0 Å². The van der Waals surface area contributed by atoms with Crippen LogP contribution in [0.3, 0.4) is 0 Å². The summed E-state index contributed by atoms with van der Waals surface area (Å²) < 4.78 is 27.5. The van der Waals surface area contributed by atoms with E-state index >= 15 is 0 Å². The number of sulfonamides is 1. The Labute approximate surface area is 166 Å². The number of carbonyl (C=O) groups excluding carboxylic acids is 2. The fraction of sp³-hybridized carbons (Fsp3) is 0.579. The van der Waals surface area contributed by atoms with Gasteiger partial charge in [-0.15, -0.1) is 0 Å². The normalized spacial score (nSPS) is 18.1. The first kappa shape index (κ1) is 20.6. The van der Waals surface area contributed by atoms with Gasteiger partial charge in [0.2, 0.25) is 15.9 Å². The number of urea groups is 1. The summed E-state index contributed by atoms with van der Waals surface area (Å²) in [5.41, 5.74) is 6.84. The van der Waals surface area contributed by atoms with Crippen LogP contribution < -0.4 is 16.0 Å². The van der Waals surface area contributed by atoms with Crippen LogP contribution in [0.4, 0.5) is 10.5 Å². The predicted molar refractivity (Wildman–Crippen MR) is 106 cm³/mol. The molecule has 0 bridgehead atoms. The van der Waals surface area contributed by atoms with E-state index in [1.54, 1.807) is 12.1 Å². The number of benzene rings is 1. The summed E-state index contributed by atoms with van der Waals surface area (Å²) in [6.45, 7) is 3.87. The van der Waals surface area contributed by atoms with Gasteiger partial charge in [-0.25, -0.2) is 13.2 Å². The minimum atomic E-state index is -3.62. The van der Waals surface area contributed by atoms with Gasteiger partial charge in [0.25, 0.3) is 0 Å². The molecule has 0 aliphatic carbocycles. The topological polar surface area (TPSA) is 113 Å². The molecule has 3 amide bonds. The number of anilines is 1. The van der Waals surface area contributed by atoms with Crippen molar-refractivity contribution < 1.29 is 18.0 Å². The van der Waals surface area contributed by atoms with Gasteiger partial charge in [-0.2, -0.15) is 4.31 Å². The first-order chi connectivity index (χ1) is 13.3. The molecule has 0 saturated carbocycles. The van der Waals surface area contributed by atoms with Crippen LogP contribution in [0.25, 0.3) is 0 Å². The first-order valence-electron chi connectivity index (χ1n) is 9.82. The van der Waals surface area contributed by atoms with Crippen LogP contribution in [-0.4, -0.2) is 50.8 Å². The molecule has 3 rings (SSSR count).